The molecule has 0 unspecified atom stereocenters. The zero-order chi connectivity index (χ0) is 16.5. The second-order valence-electron chi connectivity index (χ2n) is 5.78. The Morgan fingerprint density at radius 1 is 1.21 bits per heavy atom. The quantitative estimate of drug-likeness (QED) is 0.737. The van der Waals surface area contributed by atoms with Crippen LogP contribution in [0.3, 0.4) is 0 Å². The highest BCUT2D eigenvalue weighted by atomic mass is 16.5. The molecule has 3 aromatic rings. The minimum Gasteiger partial charge on any atom is -0.501 e. The largest absolute Gasteiger partial charge is 0.501 e. The fourth-order valence-electron chi connectivity index (χ4n) is 2.70. The number of ether oxygens (including phenoxy) is 1. The van der Waals surface area contributed by atoms with Gasteiger partial charge >= 0.3 is 0 Å². The van der Waals surface area contributed by atoms with Gasteiger partial charge in [-0.3, -0.25) is 0 Å². The maximum Gasteiger partial charge on any atom is 0.257 e. The molecule has 0 fully saturated rings. The molecule has 0 atom stereocenters. The van der Waals surface area contributed by atoms with Crippen molar-refractivity contribution in [1.82, 2.24) is 24.9 Å². The van der Waals surface area contributed by atoms with Crippen molar-refractivity contribution in [2.24, 2.45) is 0 Å². The fraction of sp³-hybridized carbons (Fsp3) is 0.294. The van der Waals surface area contributed by atoms with Crippen LogP contribution < -0.4 is 0 Å². The van der Waals surface area contributed by atoms with Crippen molar-refractivity contribution < 1.29 is 9.26 Å². The van der Waals surface area contributed by atoms with E-state index in [1.807, 2.05) is 36.7 Å². The summed E-state index contributed by atoms with van der Waals surface area (Å²) < 4.78 is 12.5. The summed E-state index contributed by atoms with van der Waals surface area (Å²) in [4.78, 5) is 8.90. The van der Waals surface area contributed by atoms with Crippen LogP contribution in [0.5, 0.6) is 0 Å². The van der Waals surface area contributed by atoms with Crippen LogP contribution in [0, 0.1) is 13.8 Å². The van der Waals surface area contributed by atoms with E-state index in [0.717, 1.165) is 47.8 Å². The number of pyridine rings is 1. The van der Waals surface area contributed by atoms with Crippen LogP contribution in [0.25, 0.3) is 22.8 Å². The molecule has 7 nitrogen and oxygen atoms in total. The predicted octanol–water partition coefficient (Wildman–Crippen LogP) is 3.09. The number of nitrogens with zero attached hydrogens (tertiary/aromatic N) is 5. The maximum absolute atomic E-state index is 5.34. The molecule has 0 N–H and O–H groups in total. The van der Waals surface area contributed by atoms with E-state index < -0.39 is 0 Å². The van der Waals surface area contributed by atoms with Gasteiger partial charge in [0.15, 0.2) is 5.82 Å². The standard InChI is InChI=1S/C17H17N5O2/c1-11-8-12(2)22(20-11)15-6-5-13(9-18-15)16-19-17(24-21-16)14-4-3-7-23-10-14/h5-6,8-10H,3-4,7H2,1-2H3. The van der Waals surface area contributed by atoms with Crippen molar-refractivity contribution in [1.29, 1.82) is 0 Å². The lowest BCUT2D eigenvalue weighted by Gasteiger charge is -2.09. The van der Waals surface area contributed by atoms with Crippen LogP contribution >= 0.6 is 0 Å². The predicted molar refractivity (Wildman–Crippen MR) is 87.3 cm³/mol. The summed E-state index contributed by atoms with van der Waals surface area (Å²) in [6.45, 7) is 4.70. The average molecular weight is 323 g/mol. The van der Waals surface area contributed by atoms with E-state index in [4.69, 9.17) is 9.26 Å². The van der Waals surface area contributed by atoms with Crippen molar-refractivity contribution in [3.8, 4) is 17.2 Å². The molecule has 4 heterocycles. The highest BCUT2D eigenvalue weighted by Gasteiger charge is 2.16. The molecule has 0 radical (unpaired) electrons. The Morgan fingerprint density at radius 2 is 2.12 bits per heavy atom. The molecule has 0 amide bonds. The van der Waals surface area contributed by atoms with Crippen molar-refractivity contribution in [2.45, 2.75) is 26.7 Å². The molecule has 4 rings (SSSR count). The van der Waals surface area contributed by atoms with Crippen molar-refractivity contribution in [2.75, 3.05) is 6.61 Å². The average Bonchev–Trinajstić information content (AvgIpc) is 3.22. The first-order valence-electron chi connectivity index (χ1n) is 7.85. The Morgan fingerprint density at radius 3 is 2.79 bits per heavy atom. The number of aromatic nitrogens is 5. The summed E-state index contributed by atoms with van der Waals surface area (Å²) in [5.41, 5.74) is 3.74. The van der Waals surface area contributed by atoms with Gasteiger partial charge in [-0.05, 0) is 44.9 Å². The second kappa shape index (κ2) is 5.92. The van der Waals surface area contributed by atoms with Gasteiger partial charge in [0.05, 0.1) is 24.1 Å². The normalized spacial score (nSPS) is 14.3. The molecule has 0 spiro atoms. The monoisotopic (exact) mass is 323 g/mol. The summed E-state index contributed by atoms with van der Waals surface area (Å²) in [6.07, 6.45) is 5.27. The van der Waals surface area contributed by atoms with Gasteiger partial charge in [-0.1, -0.05) is 5.16 Å². The van der Waals surface area contributed by atoms with E-state index in [9.17, 15) is 0 Å². The Kier molecular flexibility index (Phi) is 3.60. The summed E-state index contributed by atoms with van der Waals surface area (Å²) in [5, 5.41) is 8.47. The molecule has 0 aliphatic carbocycles. The summed E-state index contributed by atoms with van der Waals surface area (Å²) in [6, 6.07) is 5.83. The van der Waals surface area contributed by atoms with Gasteiger partial charge < -0.3 is 9.26 Å². The molecule has 24 heavy (non-hydrogen) atoms. The van der Waals surface area contributed by atoms with Crippen LogP contribution in [-0.4, -0.2) is 31.5 Å². The van der Waals surface area contributed by atoms with Crippen LogP contribution in [-0.2, 0) is 4.74 Å². The number of hydrogen-bond acceptors (Lipinski definition) is 6. The van der Waals surface area contributed by atoms with E-state index >= 15 is 0 Å². The summed E-state index contributed by atoms with van der Waals surface area (Å²) in [5.74, 6) is 1.78. The maximum atomic E-state index is 5.34. The SMILES string of the molecule is Cc1cc(C)n(-c2ccc(-c3noc(C4=COCCC4)n3)cn2)n1. The summed E-state index contributed by atoms with van der Waals surface area (Å²) >= 11 is 0. The van der Waals surface area contributed by atoms with Crippen LogP contribution in [0.1, 0.15) is 30.1 Å². The highest BCUT2D eigenvalue weighted by Crippen LogP contribution is 2.24. The third-order valence-electron chi connectivity index (χ3n) is 3.87. The molecule has 7 heteroatoms. The molecule has 1 aliphatic rings. The van der Waals surface area contributed by atoms with Gasteiger partial charge in [0.2, 0.25) is 5.82 Å². The Labute approximate surface area is 139 Å². The Hall–Kier alpha value is -2.96. The first-order chi connectivity index (χ1) is 11.7. The van der Waals surface area contributed by atoms with Gasteiger partial charge in [-0.2, -0.15) is 10.1 Å². The number of hydrogen-bond donors (Lipinski definition) is 0. The third-order valence-corrected chi connectivity index (χ3v) is 3.87. The van der Waals surface area contributed by atoms with Gasteiger partial charge in [-0.25, -0.2) is 9.67 Å². The third kappa shape index (κ3) is 2.68. The van der Waals surface area contributed by atoms with Gasteiger partial charge in [0.1, 0.15) is 0 Å². The van der Waals surface area contributed by atoms with Crippen molar-refractivity contribution >= 4 is 5.57 Å². The zero-order valence-corrected chi connectivity index (χ0v) is 13.6. The van der Waals surface area contributed by atoms with Gasteiger partial charge in [0.25, 0.3) is 5.89 Å². The number of allylic oxidation sites excluding steroid dienone is 1. The highest BCUT2D eigenvalue weighted by molar-refractivity contribution is 5.61. The summed E-state index contributed by atoms with van der Waals surface area (Å²) in [7, 11) is 0. The minimum atomic E-state index is 0.507. The number of aryl methyl sites for hydroxylation is 2. The fourth-order valence-corrected chi connectivity index (χ4v) is 2.70. The topological polar surface area (TPSA) is 78.9 Å². The molecule has 1 aliphatic heterocycles. The smallest absolute Gasteiger partial charge is 0.257 e. The van der Waals surface area contributed by atoms with Crippen LogP contribution in [0.4, 0.5) is 0 Å². The molecule has 0 saturated carbocycles. The number of rotatable bonds is 3. The molecular formula is C17H17N5O2. The van der Waals surface area contributed by atoms with Gasteiger partial charge in [-0.15, -0.1) is 0 Å². The van der Waals surface area contributed by atoms with E-state index in [1.165, 1.54) is 0 Å². The lowest BCUT2D eigenvalue weighted by atomic mass is 10.1. The first-order valence-corrected chi connectivity index (χ1v) is 7.85. The minimum absolute atomic E-state index is 0.507. The lowest BCUT2D eigenvalue weighted by molar-refractivity contribution is 0.233. The lowest BCUT2D eigenvalue weighted by Crippen LogP contribution is -2.01. The zero-order valence-electron chi connectivity index (χ0n) is 13.6. The second-order valence-corrected chi connectivity index (χ2v) is 5.78. The first kappa shape index (κ1) is 14.6. The Bertz CT molecular complexity index is 892. The van der Waals surface area contributed by atoms with E-state index in [2.05, 4.69) is 20.2 Å². The molecule has 0 bridgehead atoms. The van der Waals surface area contributed by atoms with E-state index in [1.54, 1.807) is 12.5 Å². The molecular weight excluding hydrogens is 306 g/mol. The molecule has 0 saturated heterocycles. The molecule has 3 aromatic heterocycles. The van der Waals surface area contributed by atoms with Crippen LogP contribution in [0.15, 0.2) is 35.2 Å². The van der Waals surface area contributed by atoms with E-state index in [-0.39, 0.29) is 0 Å². The van der Waals surface area contributed by atoms with Gasteiger partial charge in [0, 0.05) is 17.5 Å². The van der Waals surface area contributed by atoms with Crippen LogP contribution in [0.2, 0.25) is 0 Å². The van der Waals surface area contributed by atoms with E-state index in [0.29, 0.717) is 11.7 Å². The molecule has 122 valence electrons. The molecule has 0 aromatic carbocycles. The van der Waals surface area contributed by atoms with Crippen molar-refractivity contribution in [3.63, 3.8) is 0 Å². The Balaban J connectivity index is 1.60. The van der Waals surface area contributed by atoms with Crippen molar-refractivity contribution in [3.05, 3.63) is 47.9 Å².